The molecule has 0 atom stereocenters. The van der Waals surface area contributed by atoms with Crippen molar-refractivity contribution in [1.82, 2.24) is 19.6 Å². The minimum atomic E-state index is -3.57. The molecular formula is C27H30N6O3S2. The fraction of sp³-hybridized carbons (Fsp3) is 0.222. The van der Waals surface area contributed by atoms with Gasteiger partial charge in [-0.05, 0) is 91.9 Å². The standard InChI is InChI=1S/C27H30N6O3S2/c1-33(2)16-3-14-29-38(35,36)24-10-8-23(9-11-24)31-27-28-15-12-25(32-27)21-4-6-22(7-5-21)30-26(34)18-20-13-17-37-19-20/h4-13,15,17,19,29H,3,14,16,18H2,1-2H3,(H,30,34)(H,28,31,32). The molecule has 11 heteroatoms. The van der Waals surface area contributed by atoms with Gasteiger partial charge in [0.15, 0.2) is 0 Å². The molecule has 38 heavy (non-hydrogen) atoms. The topological polar surface area (TPSA) is 116 Å². The summed E-state index contributed by atoms with van der Waals surface area (Å²) in [6.07, 6.45) is 2.72. The van der Waals surface area contributed by atoms with Gasteiger partial charge in [0.1, 0.15) is 0 Å². The predicted octanol–water partition coefficient (Wildman–Crippen LogP) is 4.36. The lowest BCUT2D eigenvalue weighted by Gasteiger charge is -2.11. The minimum Gasteiger partial charge on any atom is -0.326 e. The zero-order chi connectivity index (χ0) is 27.0. The number of carbonyl (C=O) groups is 1. The van der Waals surface area contributed by atoms with Crippen molar-refractivity contribution in [1.29, 1.82) is 0 Å². The Morgan fingerprint density at radius 2 is 1.71 bits per heavy atom. The monoisotopic (exact) mass is 550 g/mol. The molecule has 0 spiro atoms. The van der Waals surface area contributed by atoms with Crippen molar-refractivity contribution in [3.63, 3.8) is 0 Å². The lowest BCUT2D eigenvalue weighted by molar-refractivity contribution is -0.115. The number of amides is 1. The van der Waals surface area contributed by atoms with Crippen molar-refractivity contribution in [2.45, 2.75) is 17.7 Å². The van der Waals surface area contributed by atoms with Crippen molar-refractivity contribution in [3.05, 3.63) is 83.2 Å². The van der Waals surface area contributed by atoms with Gasteiger partial charge in [0.2, 0.25) is 21.9 Å². The maximum atomic E-state index is 12.5. The van der Waals surface area contributed by atoms with Gasteiger partial charge in [0.05, 0.1) is 17.0 Å². The van der Waals surface area contributed by atoms with Gasteiger partial charge in [-0.25, -0.2) is 23.1 Å². The first-order valence-corrected chi connectivity index (χ1v) is 14.5. The number of aromatic nitrogens is 2. The number of benzene rings is 2. The molecule has 0 saturated heterocycles. The van der Waals surface area contributed by atoms with Crippen molar-refractivity contribution in [2.75, 3.05) is 37.8 Å². The predicted molar refractivity (Wildman–Crippen MR) is 152 cm³/mol. The van der Waals surface area contributed by atoms with Crippen LogP contribution >= 0.6 is 11.3 Å². The van der Waals surface area contributed by atoms with Crippen LogP contribution in [0.15, 0.2) is 82.5 Å². The van der Waals surface area contributed by atoms with Gasteiger partial charge in [0.25, 0.3) is 0 Å². The van der Waals surface area contributed by atoms with Gasteiger partial charge in [0, 0.05) is 29.7 Å². The summed E-state index contributed by atoms with van der Waals surface area (Å²) in [5.41, 5.74) is 3.95. The van der Waals surface area contributed by atoms with Crippen molar-refractivity contribution < 1.29 is 13.2 Å². The van der Waals surface area contributed by atoms with Crippen LogP contribution in [0.4, 0.5) is 17.3 Å². The van der Waals surface area contributed by atoms with E-state index in [1.54, 1.807) is 47.9 Å². The fourth-order valence-electron chi connectivity index (χ4n) is 3.62. The zero-order valence-electron chi connectivity index (χ0n) is 21.2. The molecule has 4 aromatic rings. The Balaban J connectivity index is 1.35. The molecule has 9 nitrogen and oxygen atoms in total. The van der Waals surface area contributed by atoms with Crippen LogP contribution in [0.2, 0.25) is 0 Å². The molecule has 0 aliphatic carbocycles. The molecular weight excluding hydrogens is 520 g/mol. The van der Waals surface area contributed by atoms with E-state index in [0.717, 1.165) is 24.1 Å². The molecule has 0 aliphatic heterocycles. The summed E-state index contributed by atoms with van der Waals surface area (Å²) < 4.78 is 27.6. The number of thiophene rings is 1. The Kier molecular flexibility index (Phi) is 9.19. The number of anilines is 3. The molecule has 1 amide bonds. The lowest BCUT2D eigenvalue weighted by Crippen LogP contribution is -2.27. The molecule has 0 aliphatic rings. The third-order valence-corrected chi connectivity index (χ3v) is 7.77. The summed E-state index contributed by atoms with van der Waals surface area (Å²) in [6.45, 7) is 1.19. The molecule has 0 radical (unpaired) electrons. The van der Waals surface area contributed by atoms with Gasteiger partial charge in [-0.3, -0.25) is 4.79 Å². The first kappa shape index (κ1) is 27.4. The van der Waals surface area contributed by atoms with Gasteiger partial charge < -0.3 is 15.5 Å². The highest BCUT2D eigenvalue weighted by Gasteiger charge is 2.13. The zero-order valence-corrected chi connectivity index (χ0v) is 22.8. The minimum absolute atomic E-state index is 0.0661. The SMILES string of the molecule is CN(C)CCCNS(=O)(=O)c1ccc(Nc2nccc(-c3ccc(NC(=O)Cc4ccsc4)cc3)n2)cc1. The molecule has 2 aromatic heterocycles. The second kappa shape index (κ2) is 12.7. The van der Waals surface area contributed by atoms with E-state index in [9.17, 15) is 13.2 Å². The summed E-state index contributed by atoms with van der Waals surface area (Å²) in [5.74, 6) is 0.316. The Labute approximate surface area is 227 Å². The molecule has 0 bridgehead atoms. The van der Waals surface area contributed by atoms with Gasteiger partial charge in [-0.1, -0.05) is 12.1 Å². The van der Waals surface area contributed by atoms with Crippen LogP contribution in [0.5, 0.6) is 0 Å². The van der Waals surface area contributed by atoms with Gasteiger partial charge in [-0.15, -0.1) is 0 Å². The molecule has 0 fully saturated rings. The molecule has 3 N–H and O–H groups in total. The average Bonchev–Trinajstić information content (AvgIpc) is 3.40. The normalized spacial score (nSPS) is 11.4. The van der Waals surface area contributed by atoms with E-state index in [0.29, 0.717) is 36.0 Å². The van der Waals surface area contributed by atoms with Crippen molar-refractivity contribution >= 4 is 44.6 Å². The number of nitrogens with zero attached hydrogens (tertiary/aromatic N) is 3. The highest BCUT2D eigenvalue weighted by Crippen LogP contribution is 2.22. The van der Waals surface area contributed by atoms with E-state index < -0.39 is 10.0 Å². The quantitative estimate of drug-likeness (QED) is 0.225. The molecule has 198 valence electrons. The number of hydrogen-bond donors (Lipinski definition) is 3. The molecule has 0 unspecified atom stereocenters. The summed E-state index contributed by atoms with van der Waals surface area (Å²) >= 11 is 1.57. The van der Waals surface area contributed by atoms with Crippen LogP contribution in [0.25, 0.3) is 11.3 Å². The van der Waals surface area contributed by atoms with Crippen LogP contribution < -0.4 is 15.4 Å². The second-order valence-corrected chi connectivity index (χ2v) is 11.5. The number of sulfonamides is 1. The molecule has 2 aromatic carbocycles. The fourth-order valence-corrected chi connectivity index (χ4v) is 5.36. The Hall–Kier alpha value is -3.64. The van der Waals surface area contributed by atoms with E-state index in [2.05, 4.69) is 25.3 Å². The van der Waals surface area contributed by atoms with Crippen LogP contribution in [0.3, 0.4) is 0 Å². The van der Waals surface area contributed by atoms with Crippen LogP contribution in [0, 0.1) is 0 Å². The van der Waals surface area contributed by atoms with Crippen molar-refractivity contribution in [3.8, 4) is 11.3 Å². The number of rotatable bonds is 12. The van der Waals surface area contributed by atoms with Gasteiger partial charge >= 0.3 is 0 Å². The van der Waals surface area contributed by atoms with E-state index in [1.807, 2.05) is 60.1 Å². The number of carbonyl (C=O) groups excluding carboxylic acids is 1. The van der Waals surface area contributed by atoms with Crippen LogP contribution in [-0.4, -0.2) is 56.4 Å². The van der Waals surface area contributed by atoms with Crippen LogP contribution in [-0.2, 0) is 21.2 Å². The third kappa shape index (κ3) is 7.93. The first-order valence-electron chi connectivity index (χ1n) is 12.0. The first-order chi connectivity index (χ1) is 18.3. The van der Waals surface area contributed by atoms with E-state index >= 15 is 0 Å². The molecule has 4 rings (SSSR count). The summed E-state index contributed by atoms with van der Waals surface area (Å²) in [7, 11) is 0.331. The third-order valence-electron chi connectivity index (χ3n) is 5.56. The Morgan fingerprint density at radius 3 is 2.39 bits per heavy atom. The van der Waals surface area contributed by atoms with E-state index in [1.165, 1.54) is 0 Å². The number of nitrogens with one attached hydrogen (secondary N) is 3. The van der Waals surface area contributed by atoms with Gasteiger partial charge in [-0.2, -0.15) is 11.3 Å². The Morgan fingerprint density at radius 1 is 0.974 bits per heavy atom. The number of hydrogen-bond acceptors (Lipinski definition) is 8. The second-order valence-electron chi connectivity index (χ2n) is 8.90. The maximum absolute atomic E-state index is 12.5. The molecule has 0 saturated carbocycles. The Bertz CT molecular complexity index is 1440. The maximum Gasteiger partial charge on any atom is 0.240 e. The summed E-state index contributed by atoms with van der Waals surface area (Å²) in [6, 6.07) is 17.6. The average molecular weight is 551 g/mol. The largest absolute Gasteiger partial charge is 0.326 e. The summed E-state index contributed by atoms with van der Waals surface area (Å²) in [5, 5.41) is 9.94. The molecule has 2 heterocycles. The smallest absolute Gasteiger partial charge is 0.240 e. The lowest BCUT2D eigenvalue weighted by atomic mass is 10.1. The highest BCUT2D eigenvalue weighted by molar-refractivity contribution is 7.89. The summed E-state index contributed by atoms with van der Waals surface area (Å²) in [4.78, 5) is 23.3. The van der Waals surface area contributed by atoms with E-state index in [4.69, 9.17) is 0 Å². The van der Waals surface area contributed by atoms with Crippen LogP contribution in [0.1, 0.15) is 12.0 Å². The highest BCUT2D eigenvalue weighted by atomic mass is 32.2. The van der Waals surface area contributed by atoms with E-state index in [-0.39, 0.29) is 10.8 Å². The van der Waals surface area contributed by atoms with Crippen molar-refractivity contribution in [2.24, 2.45) is 0 Å².